The van der Waals surface area contributed by atoms with Gasteiger partial charge in [0.25, 0.3) is 5.91 Å². The standard InChI is InChI=1S/C18H22N4O4/c1-24-15-2-4-16(5-3-15)26-13-17(23)20-12-14-6-7-19-18(21-14)22-8-10-25-11-9-22/h2-7H,8-13H2,1H3,(H,20,23). The molecule has 1 aromatic carbocycles. The van der Waals surface area contributed by atoms with Crippen molar-refractivity contribution < 1.29 is 19.0 Å². The maximum atomic E-state index is 12.0. The summed E-state index contributed by atoms with van der Waals surface area (Å²) in [7, 11) is 1.60. The van der Waals surface area contributed by atoms with Crippen LogP contribution in [0.25, 0.3) is 0 Å². The molecule has 1 aliphatic rings. The topological polar surface area (TPSA) is 85.8 Å². The Morgan fingerprint density at radius 1 is 1.19 bits per heavy atom. The monoisotopic (exact) mass is 358 g/mol. The second kappa shape index (κ2) is 9.00. The van der Waals surface area contributed by atoms with Crippen molar-refractivity contribution in [2.24, 2.45) is 0 Å². The number of rotatable bonds is 7. The average Bonchev–Trinajstić information content (AvgIpc) is 2.72. The fraction of sp³-hybridized carbons (Fsp3) is 0.389. The highest BCUT2D eigenvalue weighted by atomic mass is 16.5. The van der Waals surface area contributed by atoms with Crippen molar-refractivity contribution in [2.45, 2.75) is 6.54 Å². The van der Waals surface area contributed by atoms with Gasteiger partial charge in [0.2, 0.25) is 5.95 Å². The Balaban J connectivity index is 1.46. The lowest BCUT2D eigenvalue weighted by atomic mass is 10.3. The van der Waals surface area contributed by atoms with Crippen LogP contribution in [0.4, 0.5) is 5.95 Å². The molecule has 138 valence electrons. The van der Waals surface area contributed by atoms with E-state index in [9.17, 15) is 4.79 Å². The molecule has 0 saturated carbocycles. The molecule has 1 amide bonds. The largest absolute Gasteiger partial charge is 0.497 e. The molecule has 1 fully saturated rings. The van der Waals surface area contributed by atoms with Gasteiger partial charge in [-0.05, 0) is 30.3 Å². The first-order valence-electron chi connectivity index (χ1n) is 8.43. The van der Waals surface area contributed by atoms with Gasteiger partial charge in [0.05, 0.1) is 32.6 Å². The number of hydrogen-bond acceptors (Lipinski definition) is 7. The molecule has 1 aliphatic heterocycles. The molecular formula is C18H22N4O4. The van der Waals surface area contributed by atoms with E-state index in [0.717, 1.165) is 24.5 Å². The number of amides is 1. The van der Waals surface area contributed by atoms with E-state index in [1.807, 2.05) is 0 Å². The van der Waals surface area contributed by atoms with E-state index in [1.165, 1.54) is 0 Å². The Bertz CT molecular complexity index is 717. The number of morpholine rings is 1. The van der Waals surface area contributed by atoms with Gasteiger partial charge in [-0.2, -0.15) is 0 Å². The number of carbonyl (C=O) groups is 1. The first-order valence-corrected chi connectivity index (χ1v) is 8.43. The number of ether oxygens (including phenoxy) is 3. The molecule has 1 N–H and O–H groups in total. The third-order valence-electron chi connectivity index (χ3n) is 3.89. The second-order valence-electron chi connectivity index (χ2n) is 5.69. The summed E-state index contributed by atoms with van der Waals surface area (Å²) in [5.41, 5.74) is 0.749. The van der Waals surface area contributed by atoms with Gasteiger partial charge in [0.15, 0.2) is 6.61 Å². The van der Waals surface area contributed by atoms with E-state index < -0.39 is 0 Å². The molecule has 1 saturated heterocycles. The summed E-state index contributed by atoms with van der Waals surface area (Å²) in [6, 6.07) is 8.85. The average molecular weight is 358 g/mol. The zero-order valence-electron chi connectivity index (χ0n) is 14.7. The van der Waals surface area contributed by atoms with Crippen molar-refractivity contribution in [3.8, 4) is 11.5 Å². The van der Waals surface area contributed by atoms with Crippen LogP contribution in [0.15, 0.2) is 36.5 Å². The SMILES string of the molecule is COc1ccc(OCC(=O)NCc2ccnc(N3CCOCC3)n2)cc1. The summed E-state index contributed by atoms with van der Waals surface area (Å²) in [6.45, 7) is 3.15. The molecule has 0 bridgehead atoms. The van der Waals surface area contributed by atoms with Crippen molar-refractivity contribution in [3.05, 3.63) is 42.2 Å². The molecule has 2 heterocycles. The van der Waals surface area contributed by atoms with Crippen LogP contribution in [0.1, 0.15) is 5.69 Å². The van der Waals surface area contributed by atoms with Crippen LogP contribution in [0.5, 0.6) is 11.5 Å². The van der Waals surface area contributed by atoms with Gasteiger partial charge in [-0.3, -0.25) is 4.79 Å². The molecule has 3 rings (SSSR count). The Morgan fingerprint density at radius 2 is 1.92 bits per heavy atom. The number of nitrogens with zero attached hydrogens (tertiary/aromatic N) is 3. The van der Waals surface area contributed by atoms with Crippen molar-refractivity contribution in [3.63, 3.8) is 0 Å². The zero-order chi connectivity index (χ0) is 18.2. The van der Waals surface area contributed by atoms with Crippen molar-refractivity contribution in [1.29, 1.82) is 0 Å². The van der Waals surface area contributed by atoms with Gasteiger partial charge >= 0.3 is 0 Å². The van der Waals surface area contributed by atoms with Crippen LogP contribution in [-0.2, 0) is 16.1 Å². The Kier molecular flexibility index (Phi) is 6.21. The number of methoxy groups -OCH3 is 1. The summed E-state index contributed by atoms with van der Waals surface area (Å²) < 4.78 is 15.9. The highest BCUT2D eigenvalue weighted by molar-refractivity contribution is 5.77. The molecule has 0 radical (unpaired) electrons. The predicted molar refractivity (Wildman–Crippen MR) is 95.4 cm³/mol. The van der Waals surface area contributed by atoms with Gasteiger partial charge in [-0.1, -0.05) is 0 Å². The number of carbonyl (C=O) groups excluding carboxylic acids is 1. The van der Waals surface area contributed by atoms with Crippen LogP contribution < -0.4 is 19.7 Å². The summed E-state index contributed by atoms with van der Waals surface area (Å²) in [5, 5.41) is 2.80. The number of anilines is 1. The lowest BCUT2D eigenvalue weighted by molar-refractivity contribution is -0.123. The molecule has 0 spiro atoms. The van der Waals surface area contributed by atoms with E-state index in [-0.39, 0.29) is 12.5 Å². The van der Waals surface area contributed by atoms with Crippen LogP contribution in [0.2, 0.25) is 0 Å². The van der Waals surface area contributed by atoms with Crippen LogP contribution in [0.3, 0.4) is 0 Å². The van der Waals surface area contributed by atoms with Crippen molar-refractivity contribution in [2.75, 3.05) is 44.9 Å². The summed E-state index contributed by atoms with van der Waals surface area (Å²) in [4.78, 5) is 22.8. The highest BCUT2D eigenvalue weighted by Gasteiger charge is 2.14. The van der Waals surface area contributed by atoms with Gasteiger partial charge in [-0.15, -0.1) is 0 Å². The summed E-state index contributed by atoms with van der Waals surface area (Å²) >= 11 is 0. The third-order valence-corrected chi connectivity index (χ3v) is 3.89. The number of aromatic nitrogens is 2. The first-order chi connectivity index (χ1) is 12.7. The van der Waals surface area contributed by atoms with Crippen LogP contribution in [-0.4, -0.2) is 55.9 Å². The lowest BCUT2D eigenvalue weighted by Gasteiger charge is -2.26. The number of hydrogen-bond donors (Lipinski definition) is 1. The molecule has 26 heavy (non-hydrogen) atoms. The maximum Gasteiger partial charge on any atom is 0.258 e. The van der Waals surface area contributed by atoms with E-state index in [2.05, 4.69) is 20.2 Å². The molecule has 0 unspecified atom stereocenters. The van der Waals surface area contributed by atoms with Crippen LogP contribution >= 0.6 is 0 Å². The van der Waals surface area contributed by atoms with E-state index in [0.29, 0.717) is 31.5 Å². The number of benzene rings is 1. The number of nitrogens with one attached hydrogen (secondary N) is 1. The second-order valence-corrected chi connectivity index (χ2v) is 5.69. The molecule has 0 aliphatic carbocycles. The van der Waals surface area contributed by atoms with Gasteiger partial charge < -0.3 is 24.4 Å². The van der Waals surface area contributed by atoms with Crippen molar-refractivity contribution in [1.82, 2.24) is 15.3 Å². The molecular weight excluding hydrogens is 336 g/mol. The van der Waals surface area contributed by atoms with Gasteiger partial charge in [-0.25, -0.2) is 9.97 Å². The van der Waals surface area contributed by atoms with Gasteiger partial charge in [0, 0.05) is 19.3 Å². The Morgan fingerprint density at radius 3 is 2.65 bits per heavy atom. The fourth-order valence-electron chi connectivity index (χ4n) is 2.46. The minimum Gasteiger partial charge on any atom is -0.497 e. The quantitative estimate of drug-likeness (QED) is 0.791. The van der Waals surface area contributed by atoms with Crippen molar-refractivity contribution >= 4 is 11.9 Å². The fourth-order valence-corrected chi connectivity index (χ4v) is 2.46. The highest BCUT2D eigenvalue weighted by Crippen LogP contribution is 2.16. The van der Waals surface area contributed by atoms with Crippen LogP contribution in [0, 0.1) is 0 Å². The predicted octanol–water partition coefficient (Wildman–Crippen LogP) is 1.02. The molecule has 0 atom stereocenters. The lowest BCUT2D eigenvalue weighted by Crippen LogP contribution is -2.37. The summed E-state index contributed by atoms with van der Waals surface area (Å²) in [6.07, 6.45) is 1.70. The molecule has 1 aromatic heterocycles. The van der Waals surface area contributed by atoms with E-state index in [1.54, 1.807) is 43.6 Å². The third kappa shape index (κ3) is 5.06. The Hall–Kier alpha value is -2.87. The minimum atomic E-state index is -0.215. The van der Waals surface area contributed by atoms with E-state index >= 15 is 0 Å². The summed E-state index contributed by atoms with van der Waals surface area (Å²) in [5.74, 6) is 1.79. The Labute approximate surface area is 152 Å². The zero-order valence-corrected chi connectivity index (χ0v) is 14.7. The maximum absolute atomic E-state index is 12.0. The molecule has 8 nitrogen and oxygen atoms in total. The first kappa shape index (κ1) is 17.9. The van der Waals surface area contributed by atoms with Gasteiger partial charge in [0.1, 0.15) is 11.5 Å². The smallest absolute Gasteiger partial charge is 0.258 e. The molecule has 2 aromatic rings. The molecule has 8 heteroatoms. The van der Waals surface area contributed by atoms with E-state index in [4.69, 9.17) is 14.2 Å². The normalized spacial score (nSPS) is 14.0. The minimum absolute atomic E-state index is 0.0618.